The molecular formula is C25H21Cl2N3O. The molecule has 4 rings (SSSR count). The lowest BCUT2D eigenvalue weighted by atomic mass is 9.75. The number of ether oxygens (including phenoxy) is 1. The second-order valence-corrected chi connectivity index (χ2v) is 8.44. The van der Waals surface area contributed by atoms with Crippen LogP contribution in [0.3, 0.4) is 0 Å². The normalized spacial score (nSPS) is 18.5. The van der Waals surface area contributed by atoms with Crippen LogP contribution in [-0.4, -0.2) is 17.6 Å². The standard InChI is InChI=1S/C25H21Cl2N3O/c26-19-5-8-21(24(27)11-19)23-12-22(17-2-1-9-30-14-17)18(10-25(23)29)15-31-20-6-3-16(13-28)4-7-20/h1-9,11,14,23,25H,10,12,15,29H2/t23-,25+/m1/s1. The predicted molar refractivity (Wildman–Crippen MR) is 124 cm³/mol. The number of nitrogens with two attached hydrogens (primary N) is 1. The Kier molecular flexibility index (Phi) is 6.58. The molecule has 3 aromatic rings. The van der Waals surface area contributed by atoms with Gasteiger partial charge in [-0.2, -0.15) is 5.26 Å². The van der Waals surface area contributed by atoms with E-state index in [2.05, 4.69) is 17.1 Å². The number of benzene rings is 2. The molecule has 0 saturated carbocycles. The van der Waals surface area contributed by atoms with Crippen molar-refractivity contribution < 1.29 is 4.74 Å². The summed E-state index contributed by atoms with van der Waals surface area (Å²) in [5, 5.41) is 10.2. The first kappa shape index (κ1) is 21.4. The number of nitriles is 1. The molecule has 6 heteroatoms. The highest BCUT2D eigenvalue weighted by Gasteiger charge is 2.31. The molecule has 1 aliphatic rings. The van der Waals surface area contributed by atoms with E-state index in [-0.39, 0.29) is 12.0 Å². The molecule has 2 atom stereocenters. The molecule has 156 valence electrons. The molecular weight excluding hydrogens is 429 g/mol. The van der Waals surface area contributed by atoms with Gasteiger partial charge in [0.05, 0.1) is 11.6 Å². The SMILES string of the molecule is N#Cc1ccc(OCC2=C(c3cccnc3)C[C@H](c3ccc(Cl)cc3Cl)[C@@H](N)C2)cc1. The minimum absolute atomic E-state index is 0.0682. The third kappa shape index (κ3) is 4.91. The van der Waals surface area contributed by atoms with Crippen LogP contribution in [0.15, 0.2) is 72.6 Å². The highest BCUT2D eigenvalue weighted by molar-refractivity contribution is 6.35. The molecule has 0 spiro atoms. The third-order valence-corrected chi connectivity index (χ3v) is 6.18. The van der Waals surface area contributed by atoms with Crippen LogP contribution in [0.5, 0.6) is 5.75 Å². The first-order valence-electron chi connectivity index (χ1n) is 10.00. The van der Waals surface area contributed by atoms with E-state index in [9.17, 15) is 0 Å². The van der Waals surface area contributed by atoms with E-state index in [0.717, 1.165) is 23.1 Å². The van der Waals surface area contributed by atoms with Gasteiger partial charge in [0, 0.05) is 34.4 Å². The lowest BCUT2D eigenvalue weighted by Crippen LogP contribution is -2.34. The fraction of sp³-hybridized carbons (Fsp3) is 0.200. The molecule has 2 aromatic carbocycles. The Morgan fingerprint density at radius 1 is 1.10 bits per heavy atom. The van der Waals surface area contributed by atoms with Gasteiger partial charge in [0.1, 0.15) is 12.4 Å². The van der Waals surface area contributed by atoms with Crippen LogP contribution >= 0.6 is 23.2 Å². The van der Waals surface area contributed by atoms with Crippen LogP contribution in [0.2, 0.25) is 10.0 Å². The van der Waals surface area contributed by atoms with Crippen molar-refractivity contribution in [1.29, 1.82) is 5.26 Å². The maximum Gasteiger partial charge on any atom is 0.119 e. The van der Waals surface area contributed by atoms with Gasteiger partial charge in [-0.05, 0) is 77.6 Å². The van der Waals surface area contributed by atoms with E-state index in [1.165, 1.54) is 5.57 Å². The van der Waals surface area contributed by atoms with Gasteiger partial charge in [0.2, 0.25) is 0 Å². The highest BCUT2D eigenvalue weighted by Crippen LogP contribution is 2.42. The Morgan fingerprint density at radius 3 is 2.58 bits per heavy atom. The summed E-state index contributed by atoms with van der Waals surface area (Å²) >= 11 is 12.6. The number of nitrogens with zero attached hydrogens (tertiary/aromatic N) is 2. The summed E-state index contributed by atoms with van der Waals surface area (Å²) < 4.78 is 6.04. The summed E-state index contributed by atoms with van der Waals surface area (Å²) in [4.78, 5) is 4.30. The smallest absolute Gasteiger partial charge is 0.119 e. The molecule has 1 heterocycles. The van der Waals surface area contributed by atoms with E-state index in [4.69, 9.17) is 38.9 Å². The van der Waals surface area contributed by atoms with Gasteiger partial charge in [-0.1, -0.05) is 35.3 Å². The quantitative estimate of drug-likeness (QED) is 0.518. The van der Waals surface area contributed by atoms with E-state index >= 15 is 0 Å². The van der Waals surface area contributed by atoms with Gasteiger partial charge in [0.25, 0.3) is 0 Å². The van der Waals surface area contributed by atoms with Crippen molar-refractivity contribution in [3.63, 3.8) is 0 Å². The van der Waals surface area contributed by atoms with Crippen LogP contribution in [0.25, 0.3) is 5.57 Å². The van der Waals surface area contributed by atoms with Crippen LogP contribution in [0.4, 0.5) is 0 Å². The fourth-order valence-electron chi connectivity index (χ4n) is 4.01. The van der Waals surface area contributed by atoms with Crippen molar-refractivity contribution in [2.45, 2.75) is 24.8 Å². The summed E-state index contributed by atoms with van der Waals surface area (Å²) in [6.07, 6.45) is 5.05. The molecule has 2 N–H and O–H groups in total. The van der Waals surface area contributed by atoms with Crippen molar-refractivity contribution in [3.8, 4) is 11.8 Å². The van der Waals surface area contributed by atoms with Crippen LogP contribution in [0, 0.1) is 11.3 Å². The molecule has 0 unspecified atom stereocenters. The molecule has 1 aliphatic carbocycles. The second kappa shape index (κ2) is 9.53. The van der Waals surface area contributed by atoms with Crippen LogP contribution in [0.1, 0.15) is 35.4 Å². The van der Waals surface area contributed by atoms with E-state index in [0.29, 0.717) is 34.4 Å². The predicted octanol–water partition coefficient (Wildman–Crippen LogP) is 6.00. The first-order valence-corrected chi connectivity index (χ1v) is 10.8. The monoisotopic (exact) mass is 449 g/mol. The summed E-state index contributed by atoms with van der Waals surface area (Å²) in [6, 6.07) is 18.7. The van der Waals surface area contributed by atoms with Gasteiger partial charge < -0.3 is 10.5 Å². The summed E-state index contributed by atoms with van der Waals surface area (Å²) in [7, 11) is 0. The number of hydrogen-bond donors (Lipinski definition) is 1. The number of allylic oxidation sites excluding steroid dienone is 1. The Hall–Kier alpha value is -2.84. The third-order valence-electron chi connectivity index (χ3n) is 5.62. The topological polar surface area (TPSA) is 71.9 Å². The zero-order valence-electron chi connectivity index (χ0n) is 16.8. The number of rotatable bonds is 5. The largest absolute Gasteiger partial charge is 0.489 e. The maximum atomic E-state index is 8.97. The average Bonchev–Trinajstić information content (AvgIpc) is 2.79. The van der Waals surface area contributed by atoms with Crippen LogP contribution in [-0.2, 0) is 0 Å². The highest BCUT2D eigenvalue weighted by atomic mass is 35.5. The lowest BCUT2D eigenvalue weighted by molar-refractivity contribution is 0.338. The number of aromatic nitrogens is 1. The molecule has 4 nitrogen and oxygen atoms in total. The van der Waals surface area contributed by atoms with Crippen molar-refractivity contribution >= 4 is 28.8 Å². The van der Waals surface area contributed by atoms with Gasteiger partial charge >= 0.3 is 0 Å². The van der Waals surface area contributed by atoms with Crippen molar-refractivity contribution in [3.05, 3.63) is 99.3 Å². The summed E-state index contributed by atoms with van der Waals surface area (Å²) in [5.74, 6) is 0.784. The summed E-state index contributed by atoms with van der Waals surface area (Å²) in [6.45, 7) is 0.422. The molecule has 1 aromatic heterocycles. The van der Waals surface area contributed by atoms with E-state index < -0.39 is 0 Å². The minimum atomic E-state index is -0.0985. The zero-order valence-corrected chi connectivity index (χ0v) is 18.3. The average molecular weight is 450 g/mol. The molecule has 0 saturated heterocycles. The minimum Gasteiger partial charge on any atom is -0.489 e. The van der Waals surface area contributed by atoms with Gasteiger partial charge in [-0.15, -0.1) is 0 Å². The van der Waals surface area contributed by atoms with Crippen LogP contribution < -0.4 is 10.5 Å². The van der Waals surface area contributed by atoms with Gasteiger partial charge in [-0.25, -0.2) is 0 Å². The first-order chi connectivity index (χ1) is 15.0. The molecule has 0 fully saturated rings. The fourth-order valence-corrected chi connectivity index (χ4v) is 4.56. The van der Waals surface area contributed by atoms with E-state index in [1.54, 1.807) is 24.4 Å². The number of hydrogen-bond acceptors (Lipinski definition) is 4. The maximum absolute atomic E-state index is 8.97. The molecule has 0 amide bonds. The Labute approximate surface area is 191 Å². The molecule has 0 radical (unpaired) electrons. The molecule has 0 aliphatic heterocycles. The van der Waals surface area contributed by atoms with Gasteiger partial charge in [0.15, 0.2) is 0 Å². The van der Waals surface area contributed by atoms with Crippen molar-refractivity contribution in [2.24, 2.45) is 5.73 Å². The van der Waals surface area contributed by atoms with Gasteiger partial charge in [-0.3, -0.25) is 4.98 Å². The lowest BCUT2D eigenvalue weighted by Gasteiger charge is -2.33. The molecule has 31 heavy (non-hydrogen) atoms. The van der Waals surface area contributed by atoms with Crippen molar-refractivity contribution in [1.82, 2.24) is 4.98 Å². The number of halogens is 2. The zero-order chi connectivity index (χ0) is 21.8. The Balaban J connectivity index is 1.64. The summed E-state index contributed by atoms with van der Waals surface area (Å²) in [5.41, 5.74) is 11.6. The number of pyridine rings is 1. The van der Waals surface area contributed by atoms with E-state index in [1.807, 2.05) is 36.5 Å². The second-order valence-electron chi connectivity index (χ2n) is 7.59. The molecule has 0 bridgehead atoms. The van der Waals surface area contributed by atoms with Crippen molar-refractivity contribution in [2.75, 3.05) is 6.61 Å². The Bertz CT molecular complexity index is 1140. The Morgan fingerprint density at radius 2 is 1.90 bits per heavy atom.